The number of aromatic nitrogens is 4. The number of nitrogens with one attached hydrogen (secondary N) is 2. The molecular weight excluding hydrogens is 492 g/mol. The van der Waals surface area contributed by atoms with Gasteiger partial charge in [0.05, 0.1) is 24.2 Å². The molecule has 0 radical (unpaired) electrons. The maximum atomic E-state index is 13.0. The number of sulfonamides is 1. The van der Waals surface area contributed by atoms with E-state index in [2.05, 4.69) is 25.6 Å². The number of nitrogens with zero attached hydrogens (tertiary/aromatic N) is 4. The van der Waals surface area contributed by atoms with E-state index in [1.165, 1.54) is 31.2 Å². The lowest BCUT2D eigenvalue weighted by Gasteiger charge is -2.18. The number of fused-ring (bicyclic) bond motifs is 2. The van der Waals surface area contributed by atoms with Crippen LogP contribution in [0.15, 0.2) is 47.4 Å². The Hall–Kier alpha value is -3.59. The van der Waals surface area contributed by atoms with Crippen molar-refractivity contribution >= 4 is 21.6 Å². The molecule has 0 saturated carbocycles. The first-order chi connectivity index (χ1) is 17.4. The van der Waals surface area contributed by atoms with Crippen LogP contribution in [0.25, 0.3) is 11.4 Å². The second-order valence-corrected chi connectivity index (χ2v) is 10.3. The van der Waals surface area contributed by atoms with Gasteiger partial charge in [-0.05, 0) is 52.9 Å². The zero-order valence-electron chi connectivity index (χ0n) is 19.0. The fourth-order valence-electron chi connectivity index (χ4n) is 4.62. The lowest BCUT2D eigenvalue weighted by molar-refractivity contribution is -0.114. The van der Waals surface area contributed by atoms with Crippen LogP contribution >= 0.6 is 0 Å². The summed E-state index contributed by atoms with van der Waals surface area (Å²) in [6, 6.07) is 10.4. The molecule has 188 valence electrons. The molecule has 4 atom stereocenters. The van der Waals surface area contributed by atoms with Gasteiger partial charge in [-0.3, -0.25) is 4.79 Å². The van der Waals surface area contributed by atoms with Crippen LogP contribution in [0, 0.1) is 0 Å². The van der Waals surface area contributed by atoms with E-state index in [9.17, 15) is 13.2 Å². The lowest BCUT2D eigenvalue weighted by Crippen LogP contribution is -2.44. The summed E-state index contributed by atoms with van der Waals surface area (Å²) in [6.45, 7) is 1.93. The third kappa shape index (κ3) is 4.07. The van der Waals surface area contributed by atoms with Crippen molar-refractivity contribution in [3.63, 3.8) is 0 Å². The van der Waals surface area contributed by atoms with Gasteiger partial charge in [-0.25, -0.2) is 17.8 Å². The number of rotatable bonds is 6. The Bertz CT molecular complexity index is 1410. The summed E-state index contributed by atoms with van der Waals surface area (Å²) < 4.78 is 53.1. The molecule has 13 nitrogen and oxygen atoms in total. The van der Waals surface area contributed by atoms with Crippen LogP contribution in [0.4, 0.5) is 5.69 Å². The second-order valence-electron chi connectivity index (χ2n) is 8.61. The number of carbonyl (C=O) groups excluding carboxylic acids is 1. The number of carbonyl (C=O) groups is 1. The first-order valence-electron chi connectivity index (χ1n) is 11.2. The molecule has 1 amide bonds. The van der Waals surface area contributed by atoms with Crippen molar-refractivity contribution in [2.75, 3.05) is 25.3 Å². The van der Waals surface area contributed by atoms with E-state index in [1.807, 2.05) is 12.1 Å². The van der Waals surface area contributed by atoms with Gasteiger partial charge in [-0.2, -0.15) is 0 Å². The Kier molecular flexibility index (Phi) is 5.59. The minimum absolute atomic E-state index is 0.0696. The second kappa shape index (κ2) is 8.81. The number of tetrazole rings is 1. The molecule has 3 aliphatic rings. The van der Waals surface area contributed by atoms with Crippen molar-refractivity contribution in [3.8, 4) is 22.9 Å². The van der Waals surface area contributed by atoms with Crippen molar-refractivity contribution in [3.05, 3.63) is 42.5 Å². The first kappa shape index (κ1) is 22.8. The van der Waals surface area contributed by atoms with Gasteiger partial charge >= 0.3 is 0 Å². The minimum atomic E-state index is -3.85. The van der Waals surface area contributed by atoms with Gasteiger partial charge in [0.15, 0.2) is 17.3 Å². The van der Waals surface area contributed by atoms with Gasteiger partial charge in [0, 0.05) is 18.2 Å². The fourth-order valence-corrected chi connectivity index (χ4v) is 5.85. The normalized spacial score (nSPS) is 24.6. The summed E-state index contributed by atoms with van der Waals surface area (Å²) in [5, 5.41) is 14.8. The molecule has 1 aromatic heterocycles. The molecule has 0 bridgehead atoms. The standard InChI is InChI=1S/C22H22N6O7S/c1-12(29)23-14-3-5-15(6-4-14)36(30,31)25-16-9-32-21-17(10-33-20(16)21)28-22(24-26-27-28)13-2-7-18-19(8-13)35-11-34-18/h2-8,16-17,20-21,25H,9-11H2,1H3,(H,23,29)/t16-,17+,20-,21+/m1/s1. The number of hydrogen-bond donors (Lipinski definition) is 2. The Morgan fingerprint density at radius 1 is 1.03 bits per heavy atom. The molecule has 2 N–H and O–H groups in total. The van der Waals surface area contributed by atoms with E-state index in [4.69, 9.17) is 18.9 Å². The molecule has 2 saturated heterocycles. The van der Waals surface area contributed by atoms with E-state index in [-0.39, 0.29) is 36.9 Å². The van der Waals surface area contributed by atoms with Crippen LogP contribution in [0.2, 0.25) is 0 Å². The van der Waals surface area contributed by atoms with E-state index >= 15 is 0 Å². The highest BCUT2D eigenvalue weighted by Gasteiger charge is 2.50. The lowest BCUT2D eigenvalue weighted by atomic mass is 10.1. The SMILES string of the molecule is CC(=O)Nc1ccc(S(=O)(=O)N[C@@H]2CO[C@@H]3[C@@H]2OC[C@@H]3n2nnnc2-c2ccc3c(c2)OCO3)cc1. The zero-order valence-corrected chi connectivity index (χ0v) is 19.8. The predicted octanol–water partition coefficient (Wildman–Crippen LogP) is 0.713. The molecule has 0 aliphatic carbocycles. The van der Waals surface area contributed by atoms with Crippen molar-refractivity contribution < 1.29 is 32.2 Å². The first-order valence-corrected chi connectivity index (χ1v) is 12.7. The molecule has 3 aromatic rings. The van der Waals surface area contributed by atoms with Crippen molar-refractivity contribution in [2.45, 2.75) is 36.1 Å². The third-order valence-electron chi connectivity index (χ3n) is 6.26. The fraction of sp³-hybridized carbons (Fsp3) is 0.364. The highest BCUT2D eigenvalue weighted by molar-refractivity contribution is 7.89. The predicted molar refractivity (Wildman–Crippen MR) is 123 cm³/mol. The number of anilines is 1. The molecule has 4 heterocycles. The molecule has 6 rings (SSSR count). The van der Waals surface area contributed by atoms with E-state index in [1.54, 1.807) is 10.7 Å². The summed E-state index contributed by atoms with van der Waals surface area (Å²) in [7, 11) is -3.85. The van der Waals surface area contributed by atoms with Crippen molar-refractivity contribution in [1.82, 2.24) is 24.9 Å². The van der Waals surface area contributed by atoms with Crippen LogP contribution in [0.1, 0.15) is 13.0 Å². The Morgan fingerprint density at radius 3 is 2.61 bits per heavy atom. The van der Waals surface area contributed by atoms with Crippen molar-refractivity contribution in [1.29, 1.82) is 0 Å². The van der Waals surface area contributed by atoms with Crippen LogP contribution in [-0.4, -0.2) is 72.8 Å². The van der Waals surface area contributed by atoms with E-state index < -0.39 is 28.3 Å². The van der Waals surface area contributed by atoms with Crippen LogP contribution < -0.4 is 19.5 Å². The maximum Gasteiger partial charge on any atom is 0.240 e. The Balaban J connectivity index is 1.18. The highest BCUT2D eigenvalue weighted by Crippen LogP contribution is 2.38. The Morgan fingerprint density at radius 2 is 1.81 bits per heavy atom. The molecule has 3 aliphatic heterocycles. The molecule has 2 fully saturated rings. The quantitative estimate of drug-likeness (QED) is 0.480. The summed E-state index contributed by atoms with van der Waals surface area (Å²) in [5.74, 6) is 1.53. The summed E-state index contributed by atoms with van der Waals surface area (Å²) in [5.41, 5.74) is 1.25. The molecule has 14 heteroatoms. The summed E-state index contributed by atoms with van der Waals surface area (Å²) in [6.07, 6.45) is -0.965. The third-order valence-corrected chi connectivity index (χ3v) is 7.76. The molecule has 0 spiro atoms. The monoisotopic (exact) mass is 514 g/mol. The number of amides is 1. The van der Waals surface area contributed by atoms with Gasteiger partial charge in [0.2, 0.25) is 22.7 Å². The van der Waals surface area contributed by atoms with Crippen LogP contribution in [0.5, 0.6) is 11.5 Å². The summed E-state index contributed by atoms with van der Waals surface area (Å²) >= 11 is 0. The number of ether oxygens (including phenoxy) is 4. The van der Waals surface area contributed by atoms with Gasteiger partial charge in [-0.1, -0.05) is 0 Å². The number of benzene rings is 2. The average Bonchev–Trinajstić information content (AvgIpc) is 3.63. The Labute approximate surface area is 205 Å². The molecular formula is C22H22N6O7S. The van der Waals surface area contributed by atoms with Gasteiger partial charge in [0.1, 0.15) is 18.2 Å². The maximum absolute atomic E-state index is 13.0. The van der Waals surface area contributed by atoms with E-state index in [0.717, 1.165) is 5.56 Å². The largest absolute Gasteiger partial charge is 0.454 e. The van der Waals surface area contributed by atoms with Crippen LogP contribution in [-0.2, 0) is 24.3 Å². The average molecular weight is 515 g/mol. The summed E-state index contributed by atoms with van der Waals surface area (Å²) in [4.78, 5) is 11.3. The van der Waals surface area contributed by atoms with Crippen molar-refractivity contribution in [2.24, 2.45) is 0 Å². The zero-order chi connectivity index (χ0) is 24.9. The molecule has 36 heavy (non-hydrogen) atoms. The van der Waals surface area contributed by atoms with Gasteiger partial charge in [-0.15, -0.1) is 5.10 Å². The number of hydrogen-bond acceptors (Lipinski definition) is 10. The smallest absolute Gasteiger partial charge is 0.240 e. The van der Waals surface area contributed by atoms with Crippen LogP contribution in [0.3, 0.4) is 0 Å². The van der Waals surface area contributed by atoms with Gasteiger partial charge < -0.3 is 24.3 Å². The minimum Gasteiger partial charge on any atom is -0.454 e. The molecule has 2 aromatic carbocycles. The highest BCUT2D eigenvalue weighted by atomic mass is 32.2. The van der Waals surface area contributed by atoms with Gasteiger partial charge in [0.25, 0.3) is 0 Å². The topological polar surface area (TPSA) is 156 Å². The van der Waals surface area contributed by atoms with E-state index in [0.29, 0.717) is 23.0 Å². The molecule has 0 unspecified atom stereocenters.